The highest BCUT2D eigenvalue weighted by atomic mass is 35.5. The standard InChI is InChI=1S/C14H13ClN2O3S/c1-8-3-2-4-9(12(8)15)13(18)16-6-5-11-17-10(7-21-11)14(19)20/h2-4,7H,5-6H2,1H3,(H,16,18)(H,19,20). The van der Waals surface area contributed by atoms with Gasteiger partial charge in [-0.05, 0) is 18.6 Å². The number of rotatable bonds is 5. The number of amides is 1. The normalized spacial score (nSPS) is 10.4. The Morgan fingerprint density at radius 2 is 2.19 bits per heavy atom. The fourth-order valence-electron chi connectivity index (χ4n) is 1.72. The van der Waals surface area contributed by atoms with Gasteiger partial charge < -0.3 is 10.4 Å². The van der Waals surface area contributed by atoms with Crippen LogP contribution in [0.5, 0.6) is 0 Å². The minimum Gasteiger partial charge on any atom is -0.476 e. The van der Waals surface area contributed by atoms with Crippen molar-refractivity contribution in [3.63, 3.8) is 0 Å². The third kappa shape index (κ3) is 3.80. The van der Waals surface area contributed by atoms with Crippen LogP contribution in [0.1, 0.15) is 31.4 Å². The van der Waals surface area contributed by atoms with Crippen molar-refractivity contribution in [2.24, 2.45) is 0 Å². The van der Waals surface area contributed by atoms with Crippen LogP contribution in [-0.4, -0.2) is 28.5 Å². The van der Waals surface area contributed by atoms with Gasteiger partial charge in [-0.15, -0.1) is 11.3 Å². The Kier molecular flexibility index (Phi) is 4.93. The van der Waals surface area contributed by atoms with Gasteiger partial charge in [-0.25, -0.2) is 9.78 Å². The van der Waals surface area contributed by atoms with Crippen LogP contribution in [0.2, 0.25) is 5.02 Å². The Balaban J connectivity index is 1.92. The fourth-order valence-corrected chi connectivity index (χ4v) is 2.71. The summed E-state index contributed by atoms with van der Waals surface area (Å²) in [5.41, 5.74) is 1.31. The lowest BCUT2D eigenvalue weighted by Gasteiger charge is -2.07. The van der Waals surface area contributed by atoms with E-state index in [1.807, 2.05) is 13.0 Å². The van der Waals surface area contributed by atoms with E-state index in [1.165, 1.54) is 16.7 Å². The molecule has 0 aliphatic carbocycles. The summed E-state index contributed by atoms with van der Waals surface area (Å²) in [5.74, 6) is -1.30. The first-order valence-electron chi connectivity index (χ1n) is 6.20. The quantitative estimate of drug-likeness (QED) is 0.886. The van der Waals surface area contributed by atoms with E-state index >= 15 is 0 Å². The molecule has 0 spiro atoms. The maximum Gasteiger partial charge on any atom is 0.355 e. The molecule has 1 amide bonds. The van der Waals surface area contributed by atoms with Gasteiger partial charge in [-0.3, -0.25) is 4.79 Å². The lowest BCUT2D eigenvalue weighted by molar-refractivity contribution is 0.0690. The van der Waals surface area contributed by atoms with Crippen LogP contribution < -0.4 is 5.32 Å². The van der Waals surface area contributed by atoms with Crippen LogP contribution in [0.3, 0.4) is 0 Å². The summed E-state index contributed by atoms with van der Waals surface area (Å²) in [5, 5.41) is 14.1. The average molecular weight is 325 g/mol. The molecule has 7 heteroatoms. The largest absolute Gasteiger partial charge is 0.476 e. The van der Waals surface area contributed by atoms with Crippen LogP contribution in [0.4, 0.5) is 0 Å². The third-order valence-corrected chi connectivity index (χ3v) is 4.24. The lowest BCUT2D eigenvalue weighted by Crippen LogP contribution is -2.26. The molecule has 21 heavy (non-hydrogen) atoms. The molecule has 0 bridgehead atoms. The number of carbonyl (C=O) groups excluding carboxylic acids is 1. The second kappa shape index (κ2) is 6.69. The van der Waals surface area contributed by atoms with E-state index < -0.39 is 5.97 Å². The van der Waals surface area contributed by atoms with Gasteiger partial charge in [-0.1, -0.05) is 23.7 Å². The van der Waals surface area contributed by atoms with Gasteiger partial charge in [0.2, 0.25) is 0 Å². The number of carboxylic acid groups (broad SMARTS) is 1. The number of carboxylic acids is 1. The molecule has 2 rings (SSSR count). The molecule has 0 aliphatic rings. The number of halogens is 1. The van der Waals surface area contributed by atoms with Gasteiger partial charge in [0, 0.05) is 18.3 Å². The third-order valence-electron chi connectivity index (χ3n) is 2.83. The molecule has 0 radical (unpaired) electrons. The summed E-state index contributed by atoms with van der Waals surface area (Å²) in [7, 11) is 0. The number of nitrogens with one attached hydrogen (secondary N) is 1. The lowest BCUT2D eigenvalue weighted by atomic mass is 10.1. The monoisotopic (exact) mass is 324 g/mol. The van der Waals surface area contributed by atoms with E-state index in [0.29, 0.717) is 28.6 Å². The van der Waals surface area contributed by atoms with Crippen molar-refractivity contribution in [1.82, 2.24) is 10.3 Å². The zero-order chi connectivity index (χ0) is 15.4. The van der Waals surface area contributed by atoms with Crippen LogP contribution in [0.25, 0.3) is 0 Å². The second-order valence-electron chi connectivity index (χ2n) is 4.37. The van der Waals surface area contributed by atoms with E-state index in [9.17, 15) is 9.59 Å². The predicted octanol–water partition coefficient (Wildman–Crippen LogP) is 2.78. The fraction of sp³-hybridized carbons (Fsp3) is 0.214. The maximum atomic E-state index is 12.0. The Hall–Kier alpha value is -1.92. The summed E-state index contributed by atoms with van der Waals surface area (Å²) >= 11 is 7.35. The Morgan fingerprint density at radius 1 is 1.43 bits per heavy atom. The average Bonchev–Trinajstić information content (AvgIpc) is 2.91. The molecular formula is C14H13ClN2O3S. The van der Waals surface area contributed by atoms with Crippen molar-refractivity contribution >= 4 is 34.8 Å². The number of hydrogen-bond donors (Lipinski definition) is 2. The molecule has 1 aromatic heterocycles. The molecule has 0 unspecified atom stereocenters. The summed E-state index contributed by atoms with van der Waals surface area (Å²) in [6.07, 6.45) is 0.479. The van der Waals surface area contributed by atoms with Gasteiger partial charge in [0.25, 0.3) is 5.91 Å². The molecule has 0 atom stereocenters. The van der Waals surface area contributed by atoms with Gasteiger partial charge in [0.15, 0.2) is 5.69 Å². The molecule has 2 aromatic rings. The van der Waals surface area contributed by atoms with E-state index in [1.54, 1.807) is 12.1 Å². The predicted molar refractivity (Wildman–Crippen MR) is 81.3 cm³/mol. The van der Waals surface area contributed by atoms with Gasteiger partial charge in [-0.2, -0.15) is 0 Å². The number of thiazole rings is 1. The van der Waals surface area contributed by atoms with Crippen LogP contribution in [0.15, 0.2) is 23.6 Å². The highest BCUT2D eigenvalue weighted by Gasteiger charge is 2.12. The topological polar surface area (TPSA) is 79.3 Å². The minimum atomic E-state index is -1.05. The molecule has 1 aromatic carbocycles. The number of aryl methyl sites for hydroxylation is 1. The van der Waals surface area contributed by atoms with E-state index in [4.69, 9.17) is 16.7 Å². The van der Waals surface area contributed by atoms with Crippen molar-refractivity contribution < 1.29 is 14.7 Å². The number of benzene rings is 1. The Morgan fingerprint density at radius 3 is 2.86 bits per heavy atom. The van der Waals surface area contributed by atoms with Crippen molar-refractivity contribution in [1.29, 1.82) is 0 Å². The first kappa shape index (κ1) is 15.5. The zero-order valence-electron chi connectivity index (χ0n) is 11.2. The Labute approximate surface area is 130 Å². The molecule has 5 nitrogen and oxygen atoms in total. The van der Waals surface area contributed by atoms with E-state index in [2.05, 4.69) is 10.3 Å². The Bertz CT molecular complexity index is 685. The summed E-state index contributed by atoms with van der Waals surface area (Å²) in [6.45, 7) is 2.21. The molecule has 0 saturated carbocycles. The van der Waals surface area contributed by atoms with E-state index in [-0.39, 0.29) is 11.6 Å². The van der Waals surface area contributed by atoms with Gasteiger partial charge >= 0.3 is 5.97 Å². The number of aromatic nitrogens is 1. The number of nitrogens with zero attached hydrogens (tertiary/aromatic N) is 1. The number of carbonyl (C=O) groups is 2. The first-order valence-corrected chi connectivity index (χ1v) is 7.46. The van der Waals surface area contributed by atoms with E-state index in [0.717, 1.165) is 5.56 Å². The zero-order valence-corrected chi connectivity index (χ0v) is 12.8. The molecule has 1 heterocycles. The first-order chi connectivity index (χ1) is 9.99. The summed E-state index contributed by atoms with van der Waals surface area (Å²) < 4.78 is 0. The second-order valence-corrected chi connectivity index (χ2v) is 5.69. The molecule has 2 N–H and O–H groups in total. The maximum absolute atomic E-state index is 12.0. The van der Waals surface area contributed by atoms with Gasteiger partial charge in [0.05, 0.1) is 15.6 Å². The smallest absolute Gasteiger partial charge is 0.355 e. The minimum absolute atomic E-state index is 0.0306. The van der Waals surface area contributed by atoms with Crippen LogP contribution in [-0.2, 0) is 6.42 Å². The highest BCUT2D eigenvalue weighted by molar-refractivity contribution is 7.09. The summed E-state index contributed by atoms with van der Waals surface area (Å²) in [4.78, 5) is 26.7. The SMILES string of the molecule is Cc1cccc(C(=O)NCCc2nc(C(=O)O)cs2)c1Cl. The van der Waals surface area contributed by atoms with Crippen molar-refractivity contribution in [2.75, 3.05) is 6.54 Å². The molecule has 0 aliphatic heterocycles. The van der Waals surface area contributed by atoms with Crippen molar-refractivity contribution in [3.8, 4) is 0 Å². The van der Waals surface area contributed by atoms with Crippen LogP contribution >= 0.6 is 22.9 Å². The van der Waals surface area contributed by atoms with Crippen molar-refractivity contribution in [3.05, 3.63) is 50.4 Å². The number of hydrogen-bond acceptors (Lipinski definition) is 4. The molecule has 110 valence electrons. The van der Waals surface area contributed by atoms with Crippen LogP contribution in [0, 0.1) is 6.92 Å². The number of aromatic carboxylic acids is 1. The summed E-state index contributed by atoms with van der Waals surface area (Å²) in [6, 6.07) is 5.27. The highest BCUT2D eigenvalue weighted by Crippen LogP contribution is 2.20. The molecular weight excluding hydrogens is 312 g/mol. The van der Waals surface area contributed by atoms with Crippen molar-refractivity contribution in [2.45, 2.75) is 13.3 Å². The van der Waals surface area contributed by atoms with Gasteiger partial charge in [0.1, 0.15) is 0 Å². The molecule has 0 fully saturated rings. The molecule has 0 saturated heterocycles.